The molecule has 0 unspecified atom stereocenters. The summed E-state index contributed by atoms with van der Waals surface area (Å²) in [5.41, 5.74) is 6.13. The highest BCUT2D eigenvalue weighted by Crippen LogP contribution is 2.16. The van der Waals surface area contributed by atoms with Crippen LogP contribution in [0.2, 0.25) is 0 Å². The first kappa shape index (κ1) is 14.3. The zero-order valence-electron chi connectivity index (χ0n) is 10.8. The number of hydrogen-bond donors (Lipinski definition) is 2. The number of aromatic nitrogens is 1. The molecule has 0 aliphatic rings. The van der Waals surface area contributed by atoms with E-state index in [0.29, 0.717) is 17.9 Å². The van der Waals surface area contributed by atoms with Crippen LogP contribution >= 0.6 is 0 Å². The number of unbranched alkanes of at least 4 members (excludes halogenated alkanes) is 4. The predicted molar refractivity (Wildman–Crippen MR) is 71.0 cm³/mol. The molecule has 0 bridgehead atoms. The Labute approximate surface area is 108 Å². The molecule has 1 rings (SSSR count). The van der Waals surface area contributed by atoms with E-state index in [2.05, 4.69) is 17.1 Å². The number of nitrogens with two attached hydrogens (primary N) is 1. The van der Waals surface area contributed by atoms with Gasteiger partial charge in [0.05, 0.1) is 18.4 Å². The summed E-state index contributed by atoms with van der Waals surface area (Å²) in [6.07, 6.45) is 9.07. The fourth-order valence-corrected chi connectivity index (χ4v) is 1.65. The first-order valence-corrected chi connectivity index (χ1v) is 6.34. The van der Waals surface area contributed by atoms with E-state index < -0.39 is 0 Å². The van der Waals surface area contributed by atoms with E-state index >= 15 is 0 Å². The number of amidine groups is 1. The largest absolute Gasteiger partial charge is 0.491 e. The van der Waals surface area contributed by atoms with Gasteiger partial charge in [0.2, 0.25) is 0 Å². The Kier molecular flexibility index (Phi) is 6.61. The number of pyridine rings is 1. The Morgan fingerprint density at radius 3 is 2.89 bits per heavy atom. The second-order valence-electron chi connectivity index (χ2n) is 4.12. The average molecular weight is 251 g/mol. The van der Waals surface area contributed by atoms with Gasteiger partial charge in [0.15, 0.2) is 5.84 Å². The number of oxime groups is 1. The smallest absolute Gasteiger partial charge is 0.173 e. The van der Waals surface area contributed by atoms with Gasteiger partial charge in [-0.05, 0) is 12.5 Å². The molecule has 0 amide bonds. The molecule has 1 heterocycles. The van der Waals surface area contributed by atoms with Crippen LogP contribution in [0.1, 0.15) is 44.6 Å². The molecule has 0 spiro atoms. The maximum absolute atomic E-state index is 8.67. The molecule has 5 heteroatoms. The molecule has 100 valence electrons. The van der Waals surface area contributed by atoms with Crippen molar-refractivity contribution in [3.8, 4) is 5.75 Å². The van der Waals surface area contributed by atoms with Crippen LogP contribution in [0.15, 0.2) is 23.6 Å². The average Bonchev–Trinajstić information content (AvgIpc) is 2.42. The quantitative estimate of drug-likeness (QED) is 0.244. The van der Waals surface area contributed by atoms with Crippen molar-refractivity contribution < 1.29 is 9.94 Å². The number of ether oxygens (including phenoxy) is 1. The third-order valence-electron chi connectivity index (χ3n) is 2.67. The maximum atomic E-state index is 8.67. The van der Waals surface area contributed by atoms with Crippen LogP contribution in [0.3, 0.4) is 0 Å². The summed E-state index contributed by atoms with van der Waals surface area (Å²) < 4.78 is 5.61. The molecule has 1 aromatic heterocycles. The van der Waals surface area contributed by atoms with E-state index in [4.69, 9.17) is 15.7 Å². The summed E-state index contributed by atoms with van der Waals surface area (Å²) in [5.74, 6) is 0.599. The van der Waals surface area contributed by atoms with Crippen molar-refractivity contribution in [1.29, 1.82) is 0 Å². The van der Waals surface area contributed by atoms with Gasteiger partial charge < -0.3 is 15.7 Å². The van der Waals surface area contributed by atoms with E-state index in [1.165, 1.54) is 19.3 Å². The van der Waals surface area contributed by atoms with E-state index in [1.807, 2.05) is 0 Å². The highest BCUT2D eigenvalue weighted by Gasteiger charge is 2.07. The molecule has 3 N–H and O–H groups in total. The molecule has 0 saturated carbocycles. The highest BCUT2D eigenvalue weighted by molar-refractivity contribution is 5.99. The SMILES string of the molecule is CCCCCCCOc1cnccc1/C(N)=N/O. The van der Waals surface area contributed by atoms with E-state index in [9.17, 15) is 0 Å². The molecular weight excluding hydrogens is 230 g/mol. The van der Waals surface area contributed by atoms with E-state index in [0.717, 1.165) is 12.8 Å². The second kappa shape index (κ2) is 8.33. The van der Waals surface area contributed by atoms with Crippen LogP contribution in [0, 0.1) is 0 Å². The summed E-state index contributed by atoms with van der Waals surface area (Å²) >= 11 is 0. The molecule has 0 radical (unpaired) electrons. The zero-order chi connectivity index (χ0) is 13.2. The third-order valence-corrected chi connectivity index (χ3v) is 2.67. The van der Waals surface area contributed by atoms with Gasteiger partial charge in [0.25, 0.3) is 0 Å². The first-order chi connectivity index (χ1) is 8.79. The topological polar surface area (TPSA) is 80.7 Å². The molecule has 18 heavy (non-hydrogen) atoms. The Morgan fingerprint density at radius 2 is 2.17 bits per heavy atom. The molecule has 0 atom stereocenters. The lowest BCUT2D eigenvalue weighted by atomic mass is 10.2. The van der Waals surface area contributed by atoms with Crippen molar-refractivity contribution in [3.05, 3.63) is 24.0 Å². The fraction of sp³-hybridized carbons (Fsp3) is 0.538. The van der Waals surface area contributed by atoms with Crippen LogP contribution in [0.5, 0.6) is 5.75 Å². The van der Waals surface area contributed by atoms with Gasteiger partial charge in [-0.3, -0.25) is 4.98 Å². The fourth-order valence-electron chi connectivity index (χ4n) is 1.65. The normalized spacial score (nSPS) is 11.5. The molecular formula is C13H21N3O2. The van der Waals surface area contributed by atoms with Crippen molar-refractivity contribution >= 4 is 5.84 Å². The molecule has 0 aromatic carbocycles. The maximum Gasteiger partial charge on any atom is 0.173 e. The summed E-state index contributed by atoms with van der Waals surface area (Å²) in [5, 5.41) is 11.6. The molecule has 0 fully saturated rings. The predicted octanol–water partition coefficient (Wildman–Crippen LogP) is 2.53. The van der Waals surface area contributed by atoms with Crippen molar-refractivity contribution in [2.75, 3.05) is 6.61 Å². The minimum Gasteiger partial charge on any atom is -0.491 e. The van der Waals surface area contributed by atoms with Crippen LogP contribution in [-0.4, -0.2) is 22.6 Å². The van der Waals surface area contributed by atoms with Gasteiger partial charge >= 0.3 is 0 Å². The lowest BCUT2D eigenvalue weighted by Crippen LogP contribution is -2.15. The lowest BCUT2D eigenvalue weighted by molar-refractivity contribution is 0.301. The summed E-state index contributed by atoms with van der Waals surface area (Å²) in [7, 11) is 0. The molecule has 0 aliphatic carbocycles. The van der Waals surface area contributed by atoms with Crippen LogP contribution in [0.25, 0.3) is 0 Å². The van der Waals surface area contributed by atoms with Gasteiger partial charge in [0.1, 0.15) is 5.75 Å². The van der Waals surface area contributed by atoms with Gasteiger partial charge in [-0.15, -0.1) is 0 Å². The second-order valence-corrected chi connectivity index (χ2v) is 4.12. The minimum absolute atomic E-state index is 0.0402. The molecule has 5 nitrogen and oxygen atoms in total. The summed E-state index contributed by atoms with van der Waals surface area (Å²) in [6, 6.07) is 1.67. The van der Waals surface area contributed by atoms with Gasteiger partial charge in [-0.2, -0.15) is 0 Å². The van der Waals surface area contributed by atoms with Gasteiger partial charge in [0, 0.05) is 6.20 Å². The van der Waals surface area contributed by atoms with Crippen molar-refractivity contribution in [2.24, 2.45) is 10.9 Å². The number of nitrogens with zero attached hydrogens (tertiary/aromatic N) is 2. The number of hydrogen-bond acceptors (Lipinski definition) is 4. The van der Waals surface area contributed by atoms with E-state index in [-0.39, 0.29) is 5.84 Å². The van der Waals surface area contributed by atoms with Gasteiger partial charge in [-0.25, -0.2) is 0 Å². The molecule has 1 aromatic rings. The van der Waals surface area contributed by atoms with E-state index in [1.54, 1.807) is 18.5 Å². The van der Waals surface area contributed by atoms with Crippen LogP contribution in [0.4, 0.5) is 0 Å². The summed E-state index contributed by atoms with van der Waals surface area (Å²) in [6.45, 7) is 2.82. The Morgan fingerprint density at radius 1 is 1.39 bits per heavy atom. The number of rotatable bonds is 8. The molecule has 0 saturated heterocycles. The van der Waals surface area contributed by atoms with Crippen molar-refractivity contribution in [2.45, 2.75) is 39.0 Å². The lowest BCUT2D eigenvalue weighted by Gasteiger charge is -2.09. The minimum atomic E-state index is 0.0402. The Hall–Kier alpha value is -1.78. The monoisotopic (exact) mass is 251 g/mol. The third kappa shape index (κ3) is 4.61. The molecule has 0 aliphatic heterocycles. The van der Waals surface area contributed by atoms with Crippen LogP contribution in [-0.2, 0) is 0 Å². The van der Waals surface area contributed by atoms with Crippen molar-refractivity contribution in [3.63, 3.8) is 0 Å². The Balaban J connectivity index is 2.42. The highest BCUT2D eigenvalue weighted by atomic mass is 16.5. The standard InChI is InChI=1S/C13H21N3O2/c1-2-3-4-5-6-9-18-12-10-15-8-7-11(12)13(14)16-17/h7-8,10,17H,2-6,9H2,1H3,(H2,14,16). The summed E-state index contributed by atoms with van der Waals surface area (Å²) in [4.78, 5) is 3.97. The Bertz CT molecular complexity index is 380. The zero-order valence-corrected chi connectivity index (χ0v) is 10.8. The van der Waals surface area contributed by atoms with Crippen molar-refractivity contribution in [1.82, 2.24) is 4.98 Å². The van der Waals surface area contributed by atoms with Crippen LogP contribution < -0.4 is 10.5 Å². The van der Waals surface area contributed by atoms with Gasteiger partial charge in [-0.1, -0.05) is 37.8 Å². The first-order valence-electron chi connectivity index (χ1n) is 6.34.